The lowest BCUT2D eigenvalue weighted by Crippen LogP contribution is -1.96. The third-order valence-electron chi connectivity index (χ3n) is 1.47. The fraction of sp³-hybridized carbons (Fsp3) is 0.500. The SMILES string of the molecule is CO/N=C(\C)Cc1cnn(C)c1. The van der Waals surface area contributed by atoms with Crippen LogP contribution in [0.1, 0.15) is 12.5 Å². The van der Waals surface area contributed by atoms with E-state index in [0.717, 1.165) is 17.7 Å². The second-order valence-corrected chi connectivity index (χ2v) is 2.71. The van der Waals surface area contributed by atoms with Gasteiger partial charge in [-0.1, -0.05) is 5.16 Å². The van der Waals surface area contributed by atoms with E-state index in [0.29, 0.717) is 0 Å². The molecule has 1 aromatic heterocycles. The quantitative estimate of drug-likeness (QED) is 0.497. The molecule has 0 radical (unpaired) electrons. The second-order valence-electron chi connectivity index (χ2n) is 2.71. The summed E-state index contributed by atoms with van der Waals surface area (Å²) in [4.78, 5) is 4.64. The summed E-state index contributed by atoms with van der Waals surface area (Å²) in [5, 5.41) is 7.86. The zero-order valence-corrected chi connectivity index (χ0v) is 7.61. The van der Waals surface area contributed by atoms with Crippen LogP contribution in [0.15, 0.2) is 17.5 Å². The van der Waals surface area contributed by atoms with E-state index >= 15 is 0 Å². The van der Waals surface area contributed by atoms with E-state index in [2.05, 4.69) is 15.1 Å². The van der Waals surface area contributed by atoms with Gasteiger partial charge in [0.25, 0.3) is 0 Å². The largest absolute Gasteiger partial charge is 0.399 e. The summed E-state index contributed by atoms with van der Waals surface area (Å²) in [6.07, 6.45) is 4.59. The Morgan fingerprint density at radius 3 is 3.00 bits per heavy atom. The molecule has 0 N–H and O–H groups in total. The molecule has 1 aromatic rings. The van der Waals surface area contributed by atoms with Gasteiger partial charge in [0.1, 0.15) is 7.11 Å². The molecule has 0 spiro atoms. The number of hydrogen-bond acceptors (Lipinski definition) is 3. The molecular formula is C8H13N3O. The van der Waals surface area contributed by atoms with Crippen molar-refractivity contribution in [2.45, 2.75) is 13.3 Å². The predicted molar refractivity (Wildman–Crippen MR) is 47.0 cm³/mol. The van der Waals surface area contributed by atoms with Crippen molar-refractivity contribution in [3.8, 4) is 0 Å². The average molecular weight is 167 g/mol. The standard InChI is InChI=1S/C8H13N3O/c1-7(10-12-3)4-8-5-9-11(2)6-8/h5-6H,4H2,1-3H3/b10-7+. The highest BCUT2D eigenvalue weighted by atomic mass is 16.6. The van der Waals surface area contributed by atoms with Gasteiger partial charge in [-0.05, 0) is 12.5 Å². The van der Waals surface area contributed by atoms with Crippen molar-refractivity contribution in [3.05, 3.63) is 18.0 Å². The molecule has 0 fully saturated rings. The Hall–Kier alpha value is -1.32. The van der Waals surface area contributed by atoms with Gasteiger partial charge in [-0.15, -0.1) is 0 Å². The van der Waals surface area contributed by atoms with Crippen LogP contribution in [0.4, 0.5) is 0 Å². The molecule has 0 unspecified atom stereocenters. The van der Waals surface area contributed by atoms with Crippen LogP contribution in [-0.4, -0.2) is 22.6 Å². The smallest absolute Gasteiger partial charge is 0.106 e. The number of rotatable bonds is 3. The fourth-order valence-corrected chi connectivity index (χ4v) is 1.05. The molecule has 4 nitrogen and oxygen atoms in total. The number of nitrogens with zero attached hydrogens (tertiary/aromatic N) is 3. The Kier molecular flexibility index (Phi) is 2.85. The normalized spacial score (nSPS) is 11.8. The third-order valence-corrected chi connectivity index (χ3v) is 1.47. The Balaban J connectivity index is 2.58. The lowest BCUT2D eigenvalue weighted by Gasteiger charge is -1.94. The van der Waals surface area contributed by atoms with Crippen molar-refractivity contribution in [3.63, 3.8) is 0 Å². The van der Waals surface area contributed by atoms with Crippen LogP contribution in [0.5, 0.6) is 0 Å². The van der Waals surface area contributed by atoms with E-state index in [-0.39, 0.29) is 0 Å². The van der Waals surface area contributed by atoms with Crippen molar-refractivity contribution < 1.29 is 4.84 Å². The van der Waals surface area contributed by atoms with Gasteiger partial charge in [-0.2, -0.15) is 5.10 Å². The third kappa shape index (κ3) is 2.38. The molecule has 66 valence electrons. The van der Waals surface area contributed by atoms with E-state index < -0.39 is 0 Å². The highest BCUT2D eigenvalue weighted by molar-refractivity contribution is 5.83. The van der Waals surface area contributed by atoms with E-state index in [1.165, 1.54) is 0 Å². The van der Waals surface area contributed by atoms with Crippen LogP contribution in [-0.2, 0) is 18.3 Å². The summed E-state index contributed by atoms with van der Waals surface area (Å²) < 4.78 is 1.77. The molecule has 0 aromatic carbocycles. The molecule has 12 heavy (non-hydrogen) atoms. The molecular weight excluding hydrogens is 154 g/mol. The number of oxime groups is 1. The molecule has 0 saturated heterocycles. The molecule has 0 atom stereocenters. The number of aromatic nitrogens is 2. The van der Waals surface area contributed by atoms with Crippen molar-refractivity contribution in [2.75, 3.05) is 7.11 Å². The molecule has 1 heterocycles. The molecule has 1 rings (SSSR count). The van der Waals surface area contributed by atoms with Crippen molar-refractivity contribution in [2.24, 2.45) is 12.2 Å². The second kappa shape index (κ2) is 3.90. The Bertz CT molecular complexity index is 278. The van der Waals surface area contributed by atoms with Gasteiger partial charge >= 0.3 is 0 Å². The summed E-state index contributed by atoms with van der Waals surface area (Å²) in [5.74, 6) is 0. The first kappa shape index (κ1) is 8.77. The maximum atomic E-state index is 4.64. The van der Waals surface area contributed by atoms with Gasteiger partial charge < -0.3 is 4.84 Å². The molecule has 0 amide bonds. The Morgan fingerprint density at radius 1 is 1.75 bits per heavy atom. The zero-order chi connectivity index (χ0) is 8.97. The first-order valence-corrected chi connectivity index (χ1v) is 3.76. The topological polar surface area (TPSA) is 39.4 Å². The maximum absolute atomic E-state index is 4.64. The van der Waals surface area contributed by atoms with Crippen LogP contribution < -0.4 is 0 Å². The average Bonchev–Trinajstić information content (AvgIpc) is 2.36. The minimum Gasteiger partial charge on any atom is -0.399 e. The van der Waals surface area contributed by atoms with E-state index in [4.69, 9.17) is 0 Å². The predicted octanol–water partition coefficient (Wildman–Crippen LogP) is 0.985. The zero-order valence-electron chi connectivity index (χ0n) is 7.61. The van der Waals surface area contributed by atoms with Crippen LogP contribution in [0.3, 0.4) is 0 Å². The van der Waals surface area contributed by atoms with Crippen molar-refractivity contribution in [1.29, 1.82) is 0 Å². The lowest BCUT2D eigenvalue weighted by atomic mass is 10.2. The first-order chi connectivity index (χ1) is 5.72. The van der Waals surface area contributed by atoms with Crippen LogP contribution in [0.25, 0.3) is 0 Å². The molecule has 0 aliphatic carbocycles. The van der Waals surface area contributed by atoms with Gasteiger partial charge in [-0.3, -0.25) is 4.68 Å². The minimum atomic E-state index is 0.793. The summed E-state index contributed by atoms with van der Waals surface area (Å²) in [5.41, 5.74) is 2.10. The van der Waals surface area contributed by atoms with Gasteiger partial charge in [0.05, 0.1) is 11.9 Å². The molecule has 0 saturated carbocycles. The lowest BCUT2D eigenvalue weighted by molar-refractivity contribution is 0.212. The van der Waals surface area contributed by atoms with Crippen LogP contribution in [0.2, 0.25) is 0 Å². The molecule has 4 heteroatoms. The van der Waals surface area contributed by atoms with Crippen molar-refractivity contribution >= 4 is 5.71 Å². The highest BCUT2D eigenvalue weighted by Gasteiger charge is 1.98. The van der Waals surface area contributed by atoms with Gasteiger partial charge in [-0.25, -0.2) is 0 Å². The summed E-state index contributed by atoms with van der Waals surface area (Å²) in [6.45, 7) is 1.93. The molecule has 0 aliphatic rings. The first-order valence-electron chi connectivity index (χ1n) is 3.76. The molecule has 0 bridgehead atoms. The van der Waals surface area contributed by atoms with E-state index in [9.17, 15) is 0 Å². The highest BCUT2D eigenvalue weighted by Crippen LogP contribution is 1.99. The Morgan fingerprint density at radius 2 is 2.50 bits per heavy atom. The summed E-state index contributed by atoms with van der Waals surface area (Å²) in [7, 11) is 3.44. The van der Waals surface area contributed by atoms with Crippen LogP contribution >= 0.6 is 0 Å². The van der Waals surface area contributed by atoms with Gasteiger partial charge in [0.2, 0.25) is 0 Å². The van der Waals surface area contributed by atoms with E-state index in [1.807, 2.05) is 26.4 Å². The maximum Gasteiger partial charge on any atom is 0.106 e. The van der Waals surface area contributed by atoms with E-state index in [1.54, 1.807) is 11.8 Å². The Labute approximate surface area is 71.8 Å². The molecule has 0 aliphatic heterocycles. The minimum absolute atomic E-state index is 0.793. The van der Waals surface area contributed by atoms with Crippen LogP contribution in [0, 0.1) is 0 Å². The fourth-order valence-electron chi connectivity index (χ4n) is 1.05. The summed E-state index contributed by atoms with van der Waals surface area (Å²) >= 11 is 0. The van der Waals surface area contributed by atoms with Gasteiger partial charge in [0.15, 0.2) is 0 Å². The number of hydrogen-bond donors (Lipinski definition) is 0. The number of aryl methyl sites for hydroxylation is 1. The summed E-state index contributed by atoms with van der Waals surface area (Å²) in [6, 6.07) is 0. The van der Waals surface area contributed by atoms with Crippen molar-refractivity contribution in [1.82, 2.24) is 9.78 Å². The monoisotopic (exact) mass is 167 g/mol. The van der Waals surface area contributed by atoms with Gasteiger partial charge in [0, 0.05) is 19.7 Å².